The van der Waals surface area contributed by atoms with Gasteiger partial charge in [0.2, 0.25) is 0 Å². The molecule has 0 aromatic heterocycles. The number of amides is 1. The molecule has 3 rings (SSSR count). The fourth-order valence-corrected chi connectivity index (χ4v) is 3.25. The molecule has 1 aliphatic rings. The van der Waals surface area contributed by atoms with E-state index in [2.05, 4.69) is 4.74 Å². The zero-order valence-corrected chi connectivity index (χ0v) is 15.8. The van der Waals surface area contributed by atoms with Gasteiger partial charge < -0.3 is 14.5 Å². The van der Waals surface area contributed by atoms with Crippen molar-refractivity contribution >= 4 is 17.3 Å². The number of anilines is 1. The molecule has 1 heterocycles. The monoisotopic (exact) mass is 445 g/mol. The molecule has 0 atom stereocenters. The third kappa shape index (κ3) is 5.19. The lowest BCUT2D eigenvalue weighted by atomic mass is 10.1. The largest absolute Gasteiger partial charge is 0.435 e. The normalized spacial score (nSPS) is 14.6. The van der Waals surface area contributed by atoms with Gasteiger partial charge >= 0.3 is 12.8 Å². The number of hydrogen-bond acceptors (Lipinski definition) is 5. The average Bonchev–Trinajstić information content (AvgIpc) is 2.72. The molecule has 0 bridgehead atoms. The van der Waals surface area contributed by atoms with Crippen molar-refractivity contribution in [2.75, 3.05) is 31.1 Å². The number of nitro benzene ring substituents is 1. The predicted octanol–water partition coefficient (Wildman–Crippen LogP) is 4.18. The summed E-state index contributed by atoms with van der Waals surface area (Å²) in [7, 11) is 0. The summed E-state index contributed by atoms with van der Waals surface area (Å²) in [5, 5.41) is 11.3. The number of carbonyl (C=O) groups excluding carboxylic acids is 1. The van der Waals surface area contributed by atoms with Gasteiger partial charge in [-0.3, -0.25) is 14.9 Å². The maximum atomic E-state index is 12.9. The van der Waals surface area contributed by atoms with Crippen LogP contribution < -0.4 is 9.64 Å². The molecule has 0 radical (unpaired) electrons. The Hall–Kier alpha value is -3.44. The fourth-order valence-electron chi connectivity index (χ4n) is 3.25. The molecule has 1 saturated heterocycles. The van der Waals surface area contributed by atoms with E-state index in [1.807, 2.05) is 0 Å². The van der Waals surface area contributed by atoms with E-state index in [0.29, 0.717) is 6.07 Å². The highest BCUT2D eigenvalue weighted by Crippen LogP contribution is 2.36. The Labute approximate surface area is 172 Å². The van der Waals surface area contributed by atoms with Crippen LogP contribution in [0.1, 0.15) is 15.9 Å². The lowest BCUT2D eigenvalue weighted by Crippen LogP contribution is -2.49. The number of alkyl halides is 5. The van der Waals surface area contributed by atoms with Gasteiger partial charge in [-0.2, -0.15) is 22.0 Å². The first-order valence-electron chi connectivity index (χ1n) is 9.01. The van der Waals surface area contributed by atoms with Gasteiger partial charge in [0.1, 0.15) is 11.4 Å². The highest BCUT2D eigenvalue weighted by Gasteiger charge is 2.34. The predicted molar refractivity (Wildman–Crippen MR) is 99.3 cm³/mol. The van der Waals surface area contributed by atoms with E-state index >= 15 is 0 Å². The highest BCUT2D eigenvalue weighted by atomic mass is 19.4. The minimum atomic E-state index is -4.71. The Morgan fingerprint density at radius 1 is 1.06 bits per heavy atom. The van der Waals surface area contributed by atoms with Gasteiger partial charge in [0, 0.05) is 37.8 Å². The van der Waals surface area contributed by atoms with Crippen LogP contribution in [0.2, 0.25) is 0 Å². The molecule has 0 spiro atoms. The number of ether oxygens (including phenoxy) is 1. The average molecular weight is 445 g/mol. The standard InChI is InChI=1S/C19H16F5N3O4/c20-18(21)31-14-3-1-2-12(10-14)17(28)26-8-6-25(7-9-26)15-5-4-13(19(22,23)24)11-16(15)27(29)30/h1-5,10-11,18H,6-9H2. The van der Waals surface area contributed by atoms with Gasteiger partial charge in [0.15, 0.2) is 0 Å². The Morgan fingerprint density at radius 3 is 2.32 bits per heavy atom. The number of nitro groups is 1. The number of piperazine rings is 1. The number of rotatable bonds is 5. The van der Waals surface area contributed by atoms with Crippen molar-refractivity contribution < 1.29 is 36.4 Å². The van der Waals surface area contributed by atoms with E-state index in [9.17, 15) is 36.9 Å². The van der Waals surface area contributed by atoms with Crippen LogP contribution in [0.3, 0.4) is 0 Å². The highest BCUT2D eigenvalue weighted by molar-refractivity contribution is 5.94. The number of benzene rings is 2. The number of halogens is 5. The Balaban J connectivity index is 1.72. The lowest BCUT2D eigenvalue weighted by molar-refractivity contribution is -0.384. The molecule has 7 nitrogen and oxygen atoms in total. The molecule has 1 aliphatic heterocycles. The lowest BCUT2D eigenvalue weighted by Gasteiger charge is -2.36. The zero-order chi connectivity index (χ0) is 22.8. The maximum Gasteiger partial charge on any atom is 0.416 e. The molecule has 1 amide bonds. The van der Waals surface area contributed by atoms with Crippen molar-refractivity contribution in [2.45, 2.75) is 12.8 Å². The second-order valence-electron chi connectivity index (χ2n) is 6.64. The first-order valence-corrected chi connectivity index (χ1v) is 9.01. The van der Waals surface area contributed by atoms with E-state index in [1.165, 1.54) is 34.1 Å². The summed E-state index contributed by atoms with van der Waals surface area (Å²) in [5.74, 6) is -0.610. The molecule has 2 aromatic carbocycles. The van der Waals surface area contributed by atoms with Crippen molar-refractivity contribution in [1.82, 2.24) is 4.90 Å². The second-order valence-corrected chi connectivity index (χ2v) is 6.64. The second kappa shape index (κ2) is 8.74. The molecular formula is C19H16F5N3O4. The van der Waals surface area contributed by atoms with Gasteiger partial charge in [-0.15, -0.1) is 0 Å². The fraction of sp³-hybridized carbons (Fsp3) is 0.316. The van der Waals surface area contributed by atoms with Crippen LogP contribution in [0.5, 0.6) is 5.75 Å². The van der Waals surface area contributed by atoms with E-state index < -0.39 is 34.9 Å². The van der Waals surface area contributed by atoms with Gasteiger partial charge in [0.05, 0.1) is 10.5 Å². The molecule has 1 fully saturated rings. The third-order valence-electron chi connectivity index (χ3n) is 4.71. The van der Waals surface area contributed by atoms with Crippen molar-refractivity contribution in [3.63, 3.8) is 0 Å². The summed E-state index contributed by atoms with van der Waals surface area (Å²) in [6, 6.07) is 7.60. The SMILES string of the molecule is O=C(c1cccc(OC(F)F)c1)N1CCN(c2ccc(C(F)(F)F)cc2[N+](=O)[O-])CC1. The van der Waals surface area contributed by atoms with E-state index in [1.54, 1.807) is 0 Å². The van der Waals surface area contributed by atoms with Crippen LogP contribution in [0.25, 0.3) is 0 Å². The topological polar surface area (TPSA) is 75.9 Å². The van der Waals surface area contributed by atoms with Gasteiger partial charge in [-0.1, -0.05) is 6.07 Å². The smallest absolute Gasteiger partial charge is 0.416 e. The molecule has 12 heteroatoms. The molecule has 0 N–H and O–H groups in total. The third-order valence-corrected chi connectivity index (χ3v) is 4.71. The molecular weight excluding hydrogens is 429 g/mol. The van der Waals surface area contributed by atoms with Crippen LogP contribution in [-0.4, -0.2) is 48.5 Å². The maximum absolute atomic E-state index is 12.9. The van der Waals surface area contributed by atoms with Crippen molar-refractivity contribution in [3.05, 3.63) is 63.7 Å². The molecule has 2 aromatic rings. The molecule has 0 unspecified atom stereocenters. The van der Waals surface area contributed by atoms with Crippen molar-refractivity contribution in [1.29, 1.82) is 0 Å². The first-order chi connectivity index (χ1) is 14.6. The summed E-state index contributed by atoms with van der Waals surface area (Å²) in [6.07, 6.45) is -4.71. The minimum Gasteiger partial charge on any atom is -0.435 e. The van der Waals surface area contributed by atoms with E-state index in [-0.39, 0.29) is 43.2 Å². The van der Waals surface area contributed by atoms with Gasteiger partial charge in [-0.25, -0.2) is 0 Å². The van der Waals surface area contributed by atoms with Gasteiger partial charge in [-0.05, 0) is 30.3 Å². The summed E-state index contributed by atoms with van der Waals surface area (Å²) < 4.78 is 67.6. The van der Waals surface area contributed by atoms with E-state index in [0.717, 1.165) is 12.1 Å². The zero-order valence-electron chi connectivity index (χ0n) is 15.8. The molecule has 0 aliphatic carbocycles. The number of carbonyl (C=O) groups is 1. The summed E-state index contributed by atoms with van der Waals surface area (Å²) >= 11 is 0. The first kappa shape index (κ1) is 22.2. The Morgan fingerprint density at radius 2 is 1.74 bits per heavy atom. The molecule has 31 heavy (non-hydrogen) atoms. The van der Waals surface area contributed by atoms with Crippen LogP contribution in [0.4, 0.5) is 33.3 Å². The molecule has 0 saturated carbocycles. The van der Waals surface area contributed by atoms with Crippen LogP contribution in [0, 0.1) is 10.1 Å². The van der Waals surface area contributed by atoms with Crippen LogP contribution in [0.15, 0.2) is 42.5 Å². The summed E-state index contributed by atoms with van der Waals surface area (Å²) in [6.45, 7) is -2.47. The van der Waals surface area contributed by atoms with Crippen molar-refractivity contribution in [3.8, 4) is 5.75 Å². The summed E-state index contributed by atoms with van der Waals surface area (Å²) in [4.78, 5) is 26.0. The Kier molecular flexibility index (Phi) is 6.27. The number of hydrogen-bond donors (Lipinski definition) is 0. The van der Waals surface area contributed by atoms with Crippen LogP contribution in [-0.2, 0) is 6.18 Å². The number of nitrogens with zero attached hydrogens (tertiary/aromatic N) is 3. The molecule has 166 valence electrons. The Bertz CT molecular complexity index is 975. The summed E-state index contributed by atoms with van der Waals surface area (Å²) in [5.41, 5.74) is -1.64. The minimum absolute atomic E-state index is 0.0254. The van der Waals surface area contributed by atoms with Crippen LogP contribution >= 0.6 is 0 Å². The quantitative estimate of drug-likeness (QED) is 0.392. The van der Waals surface area contributed by atoms with Crippen molar-refractivity contribution in [2.24, 2.45) is 0 Å². The van der Waals surface area contributed by atoms with E-state index in [4.69, 9.17) is 0 Å². The van der Waals surface area contributed by atoms with Gasteiger partial charge in [0.25, 0.3) is 11.6 Å².